The summed E-state index contributed by atoms with van der Waals surface area (Å²) in [5, 5.41) is 15.2. The Kier molecular flexibility index (Phi) is 4.60. The molecule has 1 aromatic carbocycles. The number of piperidine rings is 1. The minimum absolute atomic E-state index is 0.137. The summed E-state index contributed by atoms with van der Waals surface area (Å²) in [6.07, 6.45) is 5.44. The predicted molar refractivity (Wildman–Crippen MR) is 91.9 cm³/mol. The van der Waals surface area contributed by atoms with E-state index in [1.807, 2.05) is 42.7 Å². The summed E-state index contributed by atoms with van der Waals surface area (Å²) in [5.41, 5.74) is 1.60. The van der Waals surface area contributed by atoms with Crippen LogP contribution in [0.4, 0.5) is 0 Å². The predicted octanol–water partition coefficient (Wildman–Crippen LogP) is 2.10. The molecule has 120 valence electrons. The molecule has 5 nitrogen and oxygen atoms in total. The van der Waals surface area contributed by atoms with Crippen LogP contribution < -0.4 is 10.6 Å². The first kappa shape index (κ1) is 15.9. The smallest absolute Gasteiger partial charge is 0.267 e. The van der Waals surface area contributed by atoms with Crippen LogP contribution in [0, 0.1) is 11.3 Å². The van der Waals surface area contributed by atoms with Crippen LogP contribution in [0.3, 0.4) is 0 Å². The second-order valence-electron chi connectivity index (χ2n) is 5.70. The highest BCUT2D eigenvalue weighted by Gasteiger charge is 2.43. The number of nitrogens with one attached hydrogen (secondary N) is 2. The largest absolute Gasteiger partial charge is 0.340 e. The zero-order valence-electron chi connectivity index (χ0n) is 13.1. The van der Waals surface area contributed by atoms with E-state index in [1.165, 1.54) is 6.42 Å². The lowest BCUT2D eigenvalue weighted by Crippen LogP contribution is -2.69. The number of rotatable bonds is 3. The zero-order valence-corrected chi connectivity index (χ0v) is 13.9. The highest BCUT2D eigenvalue weighted by atomic mass is 32.2. The van der Waals surface area contributed by atoms with Gasteiger partial charge in [-0.25, -0.2) is 0 Å². The molecule has 3 rings (SSSR count). The molecule has 1 amide bonds. The Labute approximate surface area is 140 Å². The van der Waals surface area contributed by atoms with Crippen LogP contribution in [0.2, 0.25) is 0 Å². The number of carbonyl (C=O) groups is 1. The Bertz CT molecular complexity index is 661. The summed E-state index contributed by atoms with van der Waals surface area (Å²) in [5.74, 6) is -0.315. The Morgan fingerprint density at radius 3 is 2.48 bits per heavy atom. The van der Waals surface area contributed by atoms with Gasteiger partial charge in [0.25, 0.3) is 5.91 Å². The standard InChI is InChI=1S/C17H20N4OS/c1-23-17(21-10-6-3-7-11-21)19-15(13-8-4-2-5-9-13)14(12-18)16(22)20-17/h2,4-5,8-9,19H,3,6-7,10-11H2,1H3,(H,20,22). The molecule has 1 atom stereocenters. The van der Waals surface area contributed by atoms with Gasteiger partial charge in [0.15, 0.2) is 0 Å². The number of nitrogens with zero attached hydrogens (tertiary/aromatic N) is 2. The molecule has 2 heterocycles. The molecular weight excluding hydrogens is 308 g/mol. The van der Waals surface area contributed by atoms with E-state index in [-0.39, 0.29) is 11.5 Å². The highest BCUT2D eigenvalue weighted by Crippen LogP contribution is 2.33. The van der Waals surface area contributed by atoms with E-state index in [9.17, 15) is 10.1 Å². The van der Waals surface area contributed by atoms with E-state index in [0.29, 0.717) is 5.70 Å². The van der Waals surface area contributed by atoms with Crippen LogP contribution in [-0.2, 0) is 4.79 Å². The molecular formula is C17H20N4OS. The summed E-state index contributed by atoms with van der Waals surface area (Å²) < 4.78 is 0. The second-order valence-corrected chi connectivity index (χ2v) is 6.70. The minimum Gasteiger partial charge on any atom is -0.340 e. The van der Waals surface area contributed by atoms with Gasteiger partial charge >= 0.3 is 0 Å². The molecule has 23 heavy (non-hydrogen) atoms. The topological polar surface area (TPSA) is 68.2 Å². The third-order valence-electron chi connectivity index (χ3n) is 4.33. The van der Waals surface area contributed by atoms with Crippen molar-refractivity contribution in [3.05, 3.63) is 41.5 Å². The van der Waals surface area contributed by atoms with Gasteiger partial charge < -0.3 is 10.6 Å². The number of benzene rings is 1. The highest BCUT2D eigenvalue weighted by molar-refractivity contribution is 7.99. The van der Waals surface area contributed by atoms with Gasteiger partial charge in [-0.3, -0.25) is 9.69 Å². The molecule has 1 unspecified atom stereocenters. The number of amides is 1. The van der Waals surface area contributed by atoms with E-state index < -0.39 is 5.12 Å². The van der Waals surface area contributed by atoms with Crippen LogP contribution >= 0.6 is 11.8 Å². The first-order valence-corrected chi connectivity index (χ1v) is 9.03. The lowest BCUT2D eigenvalue weighted by Gasteiger charge is -2.47. The Morgan fingerprint density at radius 1 is 1.17 bits per heavy atom. The molecule has 0 spiro atoms. The van der Waals surface area contributed by atoms with Crippen molar-refractivity contribution in [3.63, 3.8) is 0 Å². The van der Waals surface area contributed by atoms with Gasteiger partial charge in [0.2, 0.25) is 5.12 Å². The van der Waals surface area contributed by atoms with Gasteiger partial charge in [0.05, 0.1) is 5.70 Å². The molecule has 2 N–H and O–H groups in total. The van der Waals surface area contributed by atoms with Crippen LogP contribution in [0.15, 0.2) is 35.9 Å². The molecule has 6 heteroatoms. The van der Waals surface area contributed by atoms with Crippen molar-refractivity contribution in [1.29, 1.82) is 5.26 Å². The Balaban J connectivity index is 2.02. The van der Waals surface area contributed by atoms with Crippen molar-refractivity contribution in [2.24, 2.45) is 0 Å². The number of hydrogen-bond donors (Lipinski definition) is 2. The van der Waals surface area contributed by atoms with E-state index in [4.69, 9.17) is 0 Å². The number of nitriles is 1. The maximum absolute atomic E-state index is 12.6. The van der Waals surface area contributed by atoms with Gasteiger partial charge in [0.1, 0.15) is 11.6 Å². The lowest BCUT2D eigenvalue weighted by molar-refractivity contribution is -0.120. The van der Waals surface area contributed by atoms with E-state index in [0.717, 1.165) is 31.5 Å². The molecule has 1 fully saturated rings. The summed E-state index contributed by atoms with van der Waals surface area (Å²) in [4.78, 5) is 14.8. The van der Waals surface area contributed by atoms with Gasteiger partial charge in [-0.1, -0.05) is 48.5 Å². The van der Waals surface area contributed by atoms with Crippen LogP contribution in [0.1, 0.15) is 24.8 Å². The third kappa shape index (κ3) is 2.94. The van der Waals surface area contributed by atoms with Crippen molar-refractivity contribution in [2.45, 2.75) is 24.4 Å². The molecule has 0 aromatic heterocycles. The van der Waals surface area contributed by atoms with Gasteiger partial charge in [-0.15, -0.1) is 0 Å². The molecule has 2 aliphatic heterocycles. The van der Waals surface area contributed by atoms with Crippen LogP contribution in [0.5, 0.6) is 0 Å². The first-order chi connectivity index (χ1) is 11.2. The average Bonchev–Trinajstić information content (AvgIpc) is 2.62. The normalized spacial score (nSPS) is 25.5. The van der Waals surface area contributed by atoms with E-state index in [1.54, 1.807) is 11.8 Å². The molecule has 0 radical (unpaired) electrons. The van der Waals surface area contributed by atoms with Crippen molar-refractivity contribution >= 4 is 23.4 Å². The summed E-state index contributed by atoms with van der Waals surface area (Å²) in [6.45, 7) is 1.86. The molecule has 0 bridgehead atoms. The first-order valence-electron chi connectivity index (χ1n) is 7.81. The van der Waals surface area contributed by atoms with Crippen LogP contribution in [-0.4, -0.2) is 35.3 Å². The third-order valence-corrected chi connectivity index (χ3v) is 5.38. The molecule has 0 saturated carbocycles. The van der Waals surface area contributed by atoms with Gasteiger partial charge in [-0.2, -0.15) is 5.26 Å². The number of thioether (sulfide) groups is 1. The second kappa shape index (κ2) is 6.65. The van der Waals surface area contributed by atoms with Gasteiger partial charge in [-0.05, 0) is 24.7 Å². The SMILES string of the molecule is CSC1(N2CCCCC2)NC(=O)C(C#N)=C(c2ccccc2)N1. The van der Waals surface area contributed by atoms with Crippen molar-refractivity contribution < 1.29 is 4.79 Å². The maximum atomic E-state index is 12.6. The molecule has 2 aliphatic rings. The van der Waals surface area contributed by atoms with Crippen molar-refractivity contribution in [1.82, 2.24) is 15.5 Å². The quantitative estimate of drug-likeness (QED) is 0.889. The maximum Gasteiger partial charge on any atom is 0.267 e. The molecule has 1 aromatic rings. The summed E-state index contributed by atoms with van der Waals surface area (Å²) >= 11 is 1.55. The average molecular weight is 328 g/mol. The van der Waals surface area contributed by atoms with Crippen molar-refractivity contribution in [2.75, 3.05) is 19.3 Å². The Morgan fingerprint density at radius 2 is 1.87 bits per heavy atom. The number of hydrogen-bond acceptors (Lipinski definition) is 5. The van der Waals surface area contributed by atoms with E-state index in [2.05, 4.69) is 15.5 Å². The van der Waals surface area contributed by atoms with Gasteiger partial charge in [0, 0.05) is 13.1 Å². The fourth-order valence-corrected chi connectivity index (χ4v) is 3.96. The molecule has 0 aliphatic carbocycles. The Hall–Kier alpha value is -1.97. The lowest BCUT2D eigenvalue weighted by atomic mass is 10.0. The van der Waals surface area contributed by atoms with Crippen molar-refractivity contribution in [3.8, 4) is 6.07 Å². The monoisotopic (exact) mass is 328 g/mol. The molecule has 1 saturated heterocycles. The van der Waals surface area contributed by atoms with Crippen LogP contribution in [0.25, 0.3) is 5.70 Å². The minimum atomic E-state index is -0.691. The zero-order chi connectivity index (χ0) is 16.3. The fourth-order valence-electron chi connectivity index (χ4n) is 3.12. The summed E-state index contributed by atoms with van der Waals surface area (Å²) in [6, 6.07) is 11.6. The number of likely N-dealkylation sites (tertiary alicyclic amines) is 1. The number of carbonyl (C=O) groups excluding carboxylic acids is 1. The summed E-state index contributed by atoms with van der Waals surface area (Å²) in [7, 11) is 0. The fraction of sp³-hybridized carbons (Fsp3) is 0.412. The van der Waals surface area contributed by atoms with E-state index >= 15 is 0 Å².